The van der Waals surface area contributed by atoms with Crippen molar-refractivity contribution in [2.24, 2.45) is 0 Å². The van der Waals surface area contributed by atoms with Crippen molar-refractivity contribution >= 4 is 17.7 Å². The van der Waals surface area contributed by atoms with Gasteiger partial charge in [-0.25, -0.2) is 0 Å². The van der Waals surface area contributed by atoms with Gasteiger partial charge in [0.05, 0.1) is 23.3 Å². The molecule has 2 atom stereocenters. The number of nitrogens with one attached hydrogen (secondary N) is 1. The monoisotopic (exact) mass is 378 g/mol. The summed E-state index contributed by atoms with van der Waals surface area (Å²) in [7, 11) is 0. The summed E-state index contributed by atoms with van der Waals surface area (Å²) in [6, 6.07) is 13.7. The van der Waals surface area contributed by atoms with E-state index < -0.39 is 0 Å². The van der Waals surface area contributed by atoms with Crippen LogP contribution >= 0.6 is 0 Å². The average molecular weight is 378 g/mol. The van der Waals surface area contributed by atoms with E-state index in [-0.39, 0.29) is 35.4 Å². The Morgan fingerprint density at radius 1 is 1.14 bits per heavy atom. The fourth-order valence-electron chi connectivity index (χ4n) is 3.75. The molecule has 6 heteroatoms. The van der Waals surface area contributed by atoms with Gasteiger partial charge in [0, 0.05) is 18.7 Å². The number of hydrogen-bond donors (Lipinski definition) is 1. The topological polar surface area (TPSA) is 75.7 Å². The molecule has 0 spiro atoms. The van der Waals surface area contributed by atoms with Crippen LogP contribution in [0.1, 0.15) is 62.4 Å². The Bertz CT molecular complexity index is 919. The van der Waals surface area contributed by atoms with E-state index in [0.29, 0.717) is 17.7 Å². The minimum absolute atomic E-state index is 0.0452. The van der Waals surface area contributed by atoms with Crippen molar-refractivity contribution in [3.05, 3.63) is 70.8 Å². The molecule has 1 N–H and O–H groups in total. The molecular weight excluding hydrogens is 356 g/mol. The highest BCUT2D eigenvalue weighted by Gasteiger charge is 2.39. The summed E-state index contributed by atoms with van der Waals surface area (Å²) < 4.78 is 5.51. The molecule has 2 aromatic rings. The van der Waals surface area contributed by atoms with Crippen LogP contribution in [0, 0.1) is 0 Å². The van der Waals surface area contributed by atoms with Gasteiger partial charge in [0.1, 0.15) is 0 Å². The van der Waals surface area contributed by atoms with Crippen molar-refractivity contribution in [1.29, 1.82) is 0 Å². The van der Waals surface area contributed by atoms with Gasteiger partial charge in [0.25, 0.3) is 17.7 Å². The number of nitrogens with zero attached hydrogens (tertiary/aromatic N) is 1. The van der Waals surface area contributed by atoms with E-state index in [9.17, 15) is 14.4 Å². The predicted molar refractivity (Wildman–Crippen MR) is 103 cm³/mol. The Hall–Kier alpha value is -2.99. The summed E-state index contributed by atoms with van der Waals surface area (Å²) in [5, 5.41) is 2.84. The summed E-state index contributed by atoms with van der Waals surface area (Å²) in [5.41, 5.74) is 1.86. The molecule has 28 heavy (non-hydrogen) atoms. The third-order valence-electron chi connectivity index (χ3n) is 5.36. The zero-order valence-corrected chi connectivity index (χ0v) is 15.7. The third-order valence-corrected chi connectivity index (χ3v) is 5.36. The Labute approximate surface area is 163 Å². The van der Waals surface area contributed by atoms with E-state index >= 15 is 0 Å². The second kappa shape index (κ2) is 7.56. The van der Waals surface area contributed by atoms with Gasteiger partial charge in [0.15, 0.2) is 0 Å². The van der Waals surface area contributed by atoms with Crippen LogP contribution in [0.3, 0.4) is 0 Å². The minimum atomic E-state index is -0.384. The lowest BCUT2D eigenvalue weighted by molar-refractivity contribution is 0.0595. The lowest BCUT2D eigenvalue weighted by Crippen LogP contribution is -2.32. The van der Waals surface area contributed by atoms with Crippen molar-refractivity contribution < 1.29 is 19.1 Å². The van der Waals surface area contributed by atoms with Crippen LogP contribution in [0.15, 0.2) is 48.5 Å². The number of carbonyl (C=O) groups is 3. The van der Waals surface area contributed by atoms with Gasteiger partial charge >= 0.3 is 0 Å². The van der Waals surface area contributed by atoms with E-state index in [1.807, 2.05) is 37.3 Å². The largest absolute Gasteiger partial charge is 0.376 e. The quantitative estimate of drug-likeness (QED) is 0.812. The average Bonchev–Trinajstić information content (AvgIpc) is 3.33. The van der Waals surface area contributed by atoms with Gasteiger partial charge in [-0.2, -0.15) is 0 Å². The van der Waals surface area contributed by atoms with Crippen molar-refractivity contribution in [1.82, 2.24) is 10.2 Å². The Morgan fingerprint density at radius 2 is 1.89 bits per heavy atom. The molecule has 2 aromatic carbocycles. The number of imide groups is 1. The molecule has 0 aliphatic carbocycles. The number of rotatable bonds is 5. The second-order valence-electron chi connectivity index (χ2n) is 7.17. The fourth-order valence-corrected chi connectivity index (χ4v) is 3.75. The Balaban J connectivity index is 1.52. The molecule has 4 rings (SSSR count). The second-order valence-corrected chi connectivity index (χ2v) is 7.17. The van der Waals surface area contributed by atoms with Gasteiger partial charge in [-0.15, -0.1) is 0 Å². The number of amides is 3. The first-order valence-corrected chi connectivity index (χ1v) is 9.53. The first-order valence-electron chi connectivity index (χ1n) is 9.53. The Morgan fingerprint density at radius 3 is 2.61 bits per heavy atom. The van der Waals surface area contributed by atoms with Crippen LogP contribution in [0.2, 0.25) is 0 Å². The summed E-state index contributed by atoms with van der Waals surface area (Å²) in [6.45, 7) is 3.00. The highest BCUT2D eigenvalue weighted by atomic mass is 16.5. The number of fused-ring (bicyclic) bond motifs is 1. The van der Waals surface area contributed by atoms with Crippen LogP contribution in [-0.2, 0) is 4.74 Å². The maximum atomic E-state index is 12.9. The van der Waals surface area contributed by atoms with Crippen molar-refractivity contribution in [3.63, 3.8) is 0 Å². The van der Waals surface area contributed by atoms with Crippen molar-refractivity contribution in [2.75, 3.05) is 13.2 Å². The molecule has 1 fully saturated rings. The predicted octanol–water partition coefficient (Wildman–Crippen LogP) is 2.95. The standard InChI is InChI=1S/C22H22N2O4/c1-14(15-6-3-2-4-7-15)24-21(26)18-10-9-16(12-19(18)22(24)27)20(25)23-13-17-8-5-11-28-17/h2-4,6-7,9-10,12,14,17H,5,8,11,13H2,1H3,(H,23,25)/t14-,17-/m0/s1. The van der Waals surface area contributed by atoms with E-state index in [4.69, 9.17) is 4.74 Å². The maximum Gasteiger partial charge on any atom is 0.262 e. The molecule has 0 aromatic heterocycles. The van der Waals surface area contributed by atoms with Gasteiger partial charge in [-0.3, -0.25) is 19.3 Å². The van der Waals surface area contributed by atoms with Crippen LogP contribution in [0.25, 0.3) is 0 Å². The van der Waals surface area contributed by atoms with Crippen LogP contribution in [0.4, 0.5) is 0 Å². The Kier molecular flexibility index (Phi) is 4.96. The van der Waals surface area contributed by atoms with E-state index in [0.717, 1.165) is 25.0 Å². The van der Waals surface area contributed by atoms with Crippen molar-refractivity contribution in [2.45, 2.75) is 31.9 Å². The molecule has 3 amide bonds. The van der Waals surface area contributed by atoms with Crippen LogP contribution in [-0.4, -0.2) is 41.9 Å². The zero-order valence-electron chi connectivity index (χ0n) is 15.7. The number of hydrogen-bond acceptors (Lipinski definition) is 4. The normalized spacial score (nSPS) is 19.6. The molecule has 0 saturated carbocycles. The van der Waals surface area contributed by atoms with E-state index in [1.54, 1.807) is 12.1 Å². The SMILES string of the molecule is C[C@@H](c1ccccc1)N1C(=O)c2ccc(C(=O)NC[C@@H]3CCCO3)cc2C1=O. The lowest BCUT2D eigenvalue weighted by atomic mass is 10.1. The summed E-state index contributed by atoms with van der Waals surface area (Å²) in [5.74, 6) is -0.971. The molecule has 0 radical (unpaired) electrons. The molecule has 2 aliphatic rings. The van der Waals surface area contributed by atoms with Crippen LogP contribution in [0.5, 0.6) is 0 Å². The minimum Gasteiger partial charge on any atom is -0.376 e. The molecule has 2 aliphatic heterocycles. The van der Waals surface area contributed by atoms with Gasteiger partial charge in [0.2, 0.25) is 0 Å². The van der Waals surface area contributed by atoms with Gasteiger partial charge < -0.3 is 10.1 Å². The molecule has 0 unspecified atom stereocenters. The van der Waals surface area contributed by atoms with Crippen LogP contribution < -0.4 is 5.32 Å². The lowest BCUT2D eigenvalue weighted by Gasteiger charge is -2.22. The maximum absolute atomic E-state index is 12.9. The highest BCUT2D eigenvalue weighted by molar-refractivity contribution is 6.22. The number of carbonyl (C=O) groups excluding carboxylic acids is 3. The number of ether oxygens (including phenoxy) is 1. The smallest absolute Gasteiger partial charge is 0.262 e. The highest BCUT2D eigenvalue weighted by Crippen LogP contribution is 2.31. The molecule has 6 nitrogen and oxygen atoms in total. The number of benzene rings is 2. The molecule has 144 valence electrons. The van der Waals surface area contributed by atoms with Gasteiger partial charge in [-0.1, -0.05) is 30.3 Å². The van der Waals surface area contributed by atoms with E-state index in [1.165, 1.54) is 11.0 Å². The van der Waals surface area contributed by atoms with Gasteiger partial charge in [-0.05, 0) is 43.5 Å². The first-order chi connectivity index (χ1) is 13.6. The zero-order chi connectivity index (χ0) is 19.7. The third kappa shape index (κ3) is 3.31. The van der Waals surface area contributed by atoms with E-state index in [2.05, 4.69) is 5.32 Å². The summed E-state index contributed by atoms with van der Waals surface area (Å²) in [4.78, 5) is 39.4. The molecule has 2 heterocycles. The molecule has 1 saturated heterocycles. The van der Waals surface area contributed by atoms with Crippen molar-refractivity contribution in [3.8, 4) is 0 Å². The summed E-state index contributed by atoms with van der Waals surface area (Å²) in [6.07, 6.45) is 1.98. The molecular formula is C22H22N2O4. The molecule has 0 bridgehead atoms. The fraction of sp³-hybridized carbons (Fsp3) is 0.318. The summed E-state index contributed by atoms with van der Waals surface area (Å²) >= 11 is 0. The first kappa shape index (κ1) is 18.4.